The quantitative estimate of drug-likeness (QED) is 0.669. The van der Waals surface area contributed by atoms with Crippen molar-refractivity contribution >= 4 is 0 Å². The van der Waals surface area contributed by atoms with Crippen LogP contribution in [0.25, 0.3) is 0 Å². The lowest BCUT2D eigenvalue weighted by Crippen LogP contribution is -2.37. The molecule has 0 aromatic carbocycles. The van der Waals surface area contributed by atoms with E-state index < -0.39 is 0 Å². The summed E-state index contributed by atoms with van der Waals surface area (Å²) in [4.78, 5) is 0. The first-order valence-corrected chi connectivity index (χ1v) is 6.06. The average molecular weight is 193 g/mol. The second kappa shape index (κ2) is 3.69. The van der Waals surface area contributed by atoms with Crippen LogP contribution in [0.1, 0.15) is 52.4 Å². The van der Waals surface area contributed by atoms with Gasteiger partial charge in [-0.2, -0.15) is 0 Å². The SMILES string of the molecule is CC1(C)CCCC1C(N)C1=CCCC1. The van der Waals surface area contributed by atoms with Gasteiger partial charge in [0.05, 0.1) is 0 Å². The highest BCUT2D eigenvalue weighted by molar-refractivity contribution is 5.17. The molecule has 1 heteroatoms. The number of hydrogen-bond donors (Lipinski definition) is 1. The largest absolute Gasteiger partial charge is 0.324 e. The van der Waals surface area contributed by atoms with Crippen molar-refractivity contribution in [1.82, 2.24) is 0 Å². The molecule has 1 saturated carbocycles. The molecule has 1 fully saturated rings. The average Bonchev–Trinajstić information content (AvgIpc) is 2.71. The van der Waals surface area contributed by atoms with Gasteiger partial charge in [0.15, 0.2) is 0 Å². The number of hydrogen-bond acceptors (Lipinski definition) is 1. The van der Waals surface area contributed by atoms with Gasteiger partial charge in [-0.05, 0) is 43.4 Å². The molecular formula is C13H23N. The van der Waals surface area contributed by atoms with Crippen molar-refractivity contribution in [2.75, 3.05) is 0 Å². The standard InChI is InChI=1S/C13H23N/c1-13(2)9-5-8-11(13)12(14)10-6-3-4-7-10/h6,11-12H,3-5,7-9,14H2,1-2H3. The highest BCUT2D eigenvalue weighted by Crippen LogP contribution is 2.46. The van der Waals surface area contributed by atoms with Gasteiger partial charge in [-0.3, -0.25) is 0 Å². The summed E-state index contributed by atoms with van der Waals surface area (Å²) >= 11 is 0. The number of allylic oxidation sites excluding steroid dienone is 1. The van der Waals surface area contributed by atoms with Gasteiger partial charge in [0.1, 0.15) is 0 Å². The number of rotatable bonds is 2. The lowest BCUT2D eigenvalue weighted by molar-refractivity contribution is 0.234. The fourth-order valence-electron chi connectivity index (χ4n) is 3.28. The summed E-state index contributed by atoms with van der Waals surface area (Å²) < 4.78 is 0. The van der Waals surface area contributed by atoms with Crippen molar-refractivity contribution < 1.29 is 0 Å². The van der Waals surface area contributed by atoms with Crippen LogP contribution in [0.3, 0.4) is 0 Å². The van der Waals surface area contributed by atoms with Crippen molar-refractivity contribution in [1.29, 1.82) is 0 Å². The molecule has 14 heavy (non-hydrogen) atoms. The van der Waals surface area contributed by atoms with Crippen molar-refractivity contribution in [3.05, 3.63) is 11.6 Å². The molecule has 2 aliphatic rings. The molecule has 2 N–H and O–H groups in total. The molecular weight excluding hydrogens is 170 g/mol. The van der Waals surface area contributed by atoms with Crippen molar-refractivity contribution in [3.63, 3.8) is 0 Å². The fraction of sp³-hybridized carbons (Fsp3) is 0.846. The predicted molar refractivity (Wildman–Crippen MR) is 61.0 cm³/mol. The Bertz CT molecular complexity index is 240. The lowest BCUT2D eigenvalue weighted by atomic mass is 9.75. The Balaban J connectivity index is 2.07. The van der Waals surface area contributed by atoms with E-state index in [1.165, 1.54) is 38.5 Å². The van der Waals surface area contributed by atoms with Crippen molar-refractivity contribution in [3.8, 4) is 0 Å². The van der Waals surface area contributed by atoms with E-state index in [-0.39, 0.29) is 0 Å². The topological polar surface area (TPSA) is 26.0 Å². The molecule has 2 atom stereocenters. The third kappa shape index (κ3) is 1.75. The molecule has 1 nitrogen and oxygen atoms in total. The van der Waals surface area contributed by atoms with Crippen LogP contribution >= 0.6 is 0 Å². The molecule has 0 spiro atoms. The summed E-state index contributed by atoms with van der Waals surface area (Å²) in [6.45, 7) is 4.78. The summed E-state index contributed by atoms with van der Waals surface area (Å²) in [5, 5.41) is 0. The Kier molecular flexibility index (Phi) is 2.70. The minimum absolute atomic E-state index is 0.356. The Morgan fingerprint density at radius 2 is 2.21 bits per heavy atom. The molecule has 0 bridgehead atoms. The maximum Gasteiger partial charge on any atom is 0.0287 e. The maximum absolute atomic E-state index is 6.39. The maximum atomic E-state index is 6.39. The minimum Gasteiger partial charge on any atom is -0.324 e. The zero-order valence-electron chi connectivity index (χ0n) is 9.55. The molecule has 0 aliphatic heterocycles. The van der Waals surface area contributed by atoms with Gasteiger partial charge in [-0.1, -0.05) is 31.9 Å². The zero-order valence-corrected chi connectivity index (χ0v) is 9.55. The Morgan fingerprint density at radius 3 is 2.71 bits per heavy atom. The van der Waals surface area contributed by atoms with E-state index >= 15 is 0 Å². The minimum atomic E-state index is 0.356. The molecule has 0 saturated heterocycles. The highest BCUT2D eigenvalue weighted by Gasteiger charge is 2.39. The molecule has 0 aromatic heterocycles. The normalized spacial score (nSPS) is 33.1. The third-order valence-electron chi connectivity index (χ3n) is 4.28. The van der Waals surface area contributed by atoms with E-state index in [2.05, 4.69) is 19.9 Å². The van der Waals surface area contributed by atoms with E-state index in [1.807, 2.05) is 0 Å². The van der Waals surface area contributed by atoms with Gasteiger partial charge in [0, 0.05) is 6.04 Å². The lowest BCUT2D eigenvalue weighted by Gasteiger charge is -2.32. The molecule has 0 aromatic rings. The van der Waals surface area contributed by atoms with Crippen LogP contribution in [-0.4, -0.2) is 6.04 Å². The second-order valence-electron chi connectivity index (χ2n) is 5.68. The van der Waals surface area contributed by atoms with E-state index in [1.54, 1.807) is 5.57 Å². The Labute approximate surface area is 87.8 Å². The van der Waals surface area contributed by atoms with E-state index in [4.69, 9.17) is 5.73 Å². The smallest absolute Gasteiger partial charge is 0.0287 e. The van der Waals surface area contributed by atoms with E-state index in [0.717, 1.165) is 5.92 Å². The molecule has 0 radical (unpaired) electrons. The summed E-state index contributed by atoms with van der Waals surface area (Å²) in [7, 11) is 0. The summed E-state index contributed by atoms with van der Waals surface area (Å²) in [6, 6.07) is 0.356. The van der Waals surface area contributed by atoms with Gasteiger partial charge < -0.3 is 5.73 Å². The van der Waals surface area contributed by atoms with Crippen LogP contribution in [-0.2, 0) is 0 Å². The van der Waals surface area contributed by atoms with Gasteiger partial charge in [-0.15, -0.1) is 0 Å². The van der Waals surface area contributed by atoms with Crippen molar-refractivity contribution in [2.45, 2.75) is 58.4 Å². The first-order chi connectivity index (χ1) is 6.61. The molecule has 2 aliphatic carbocycles. The highest BCUT2D eigenvalue weighted by atomic mass is 14.7. The van der Waals surface area contributed by atoms with Gasteiger partial charge in [-0.25, -0.2) is 0 Å². The Hall–Kier alpha value is -0.300. The van der Waals surface area contributed by atoms with Gasteiger partial charge in [0.25, 0.3) is 0 Å². The van der Waals surface area contributed by atoms with Crippen LogP contribution in [0.4, 0.5) is 0 Å². The first-order valence-electron chi connectivity index (χ1n) is 6.06. The van der Waals surface area contributed by atoms with Crippen LogP contribution < -0.4 is 5.73 Å². The van der Waals surface area contributed by atoms with E-state index in [0.29, 0.717) is 11.5 Å². The zero-order chi connectivity index (χ0) is 10.2. The summed E-state index contributed by atoms with van der Waals surface area (Å²) in [6.07, 6.45) is 10.3. The van der Waals surface area contributed by atoms with Crippen LogP contribution in [0.5, 0.6) is 0 Å². The fourth-order valence-corrected chi connectivity index (χ4v) is 3.28. The van der Waals surface area contributed by atoms with E-state index in [9.17, 15) is 0 Å². The predicted octanol–water partition coefficient (Wildman–Crippen LogP) is 3.25. The molecule has 2 unspecified atom stereocenters. The first kappa shape index (κ1) is 10.2. The molecule has 0 amide bonds. The second-order valence-corrected chi connectivity index (χ2v) is 5.68. The van der Waals surface area contributed by atoms with Gasteiger partial charge >= 0.3 is 0 Å². The van der Waals surface area contributed by atoms with Crippen LogP contribution in [0, 0.1) is 11.3 Å². The monoisotopic (exact) mass is 193 g/mol. The van der Waals surface area contributed by atoms with Crippen LogP contribution in [0.2, 0.25) is 0 Å². The van der Waals surface area contributed by atoms with Crippen molar-refractivity contribution in [2.24, 2.45) is 17.1 Å². The molecule has 2 rings (SSSR count). The summed E-state index contributed by atoms with van der Waals surface area (Å²) in [5.41, 5.74) is 8.41. The molecule has 80 valence electrons. The summed E-state index contributed by atoms with van der Waals surface area (Å²) in [5.74, 6) is 0.729. The Morgan fingerprint density at radius 1 is 1.43 bits per heavy atom. The number of nitrogens with two attached hydrogens (primary N) is 1. The van der Waals surface area contributed by atoms with Gasteiger partial charge in [0.2, 0.25) is 0 Å². The van der Waals surface area contributed by atoms with Crippen LogP contribution in [0.15, 0.2) is 11.6 Å². The molecule has 0 heterocycles. The third-order valence-corrected chi connectivity index (χ3v) is 4.28.